The van der Waals surface area contributed by atoms with E-state index in [4.69, 9.17) is 0 Å². The first-order valence-corrected chi connectivity index (χ1v) is 9.33. The van der Waals surface area contributed by atoms with Crippen molar-refractivity contribution in [2.45, 2.75) is 92.6 Å². The smallest absolute Gasteiger partial charge is 0.0573 e. The van der Waals surface area contributed by atoms with Gasteiger partial charge in [-0.25, -0.2) is 0 Å². The Labute approximate surface area is 132 Å². The number of fused-ring (bicyclic) bond motifs is 1. The van der Waals surface area contributed by atoms with Gasteiger partial charge in [0, 0.05) is 0 Å². The highest BCUT2D eigenvalue weighted by Crippen LogP contribution is 2.58. The van der Waals surface area contributed by atoms with Crippen molar-refractivity contribution in [1.29, 1.82) is 0 Å². The predicted octanol–water partition coefficient (Wildman–Crippen LogP) is 5.66. The lowest BCUT2D eigenvalue weighted by atomic mass is 9.60. The third kappa shape index (κ3) is 3.66. The minimum Gasteiger partial charge on any atom is -0.393 e. The molecule has 1 nitrogen and oxygen atoms in total. The molecule has 124 valence electrons. The fourth-order valence-corrected chi connectivity index (χ4v) is 5.37. The molecule has 2 saturated carbocycles. The van der Waals surface area contributed by atoms with E-state index < -0.39 is 0 Å². The lowest BCUT2D eigenvalue weighted by Crippen LogP contribution is -2.42. The van der Waals surface area contributed by atoms with E-state index in [2.05, 4.69) is 41.5 Å². The van der Waals surface area contributed by atoms with Crippen molar-refractivity contribution in [3.8, 4) is 0 Å². The second-order valence-electron chi connectivity index (χ2n) is 9.69. The third-order valence-electron chi connectivity index (χ3n) is 7.04. The zero-order valence-corrected chi connectivity index (χ0v) is 15.3. The van der Waals surface area contributed by atoms with Crippen LogP contribution in [0.3, 0.4) is 0 Å². The Kier molecular flexibility index (Phi) is 5.13. The van der Waals surface area contributed by atoms with Crippen LogP contribution in [-0.2, 0) is 0 Å². The normalized spacial score (nSPS) is 39.9. The predicted molar refractivity (Wildman–Crippen MR) is 91.2 cm³/mol. The van der Waals surface area contributed by atoms with Crippen LogP contribution in [0.15, 0.2) is 0 Å². The van der Waals surface area contributed by atoms with Crippen molar-refractivity contribution in [2.75, 3.05) is 0 Å². The molecule has 2 aliphatic carbocycles. The quantitative estimate of drug-likeness (QED) is 0.709. The maximum absolute atomic E-state index is 10.4. The van der Waals surface area contributed by atoms with Crippen LogP contribution in [0.25, 0.3) is 0 Å². The summed E-state index contributed by atoms with van der Waals surface area (Å²) >= 11 is 0. The Morgan fingerprint density at radius 1 is 1.14 bits per heavy atom. The van der Waals surface area contributed by atoms with Crippen LogP contribution >= 0.6 is 0 Å². The van der Waals surface area contributed by atoms with Gasteiger partial charge in [0.05, 0.1) is 6.10 Å². The average Bonchev–Trinajstić information content (AvgIpc) is 2.73. The van der Waals surface area contributed by atoms with Crippen molar-refractivity contribution in [3.63, 3.8) is 0 Å². The fourth-order valence-electron chi connectivity index (χ4n) is 5.37. The topological polar surface area (TPSA) is 20.2 Å². The standard InChI is InChI=1S/C20H38O/c1-14(11-13-19(3,4)5)15(2)16-9-10-17-18(21)8-7-12-20(16,17)6/h14-18,21H,7-13H2,1-6H3/t14-,15-,16?,17?,18-,20+/m0/s1. The molecule has 0 radical (unpaired) electrons. The molecule has 0 bridgehead atoms. The SMILES string of the molecule is C[C@H](C1CCC2[C@@H](O)CCC[C@]12C)[C@@H](C)CCC(C)(C)C. The van der Waals surface area contributed by atoms with Crippen LogP contribution in [0.2, 0.25) is 0 Å². The van der Waals surface area contributed by atoms with E-state index in [0.717, 1.165) is 24.2 Å². The van der Waals surface area contributed by atoms with Crippen LogP contribution in [0, 0.1) is 34.5 Å². The van der Waals surface area contributed by atoms with E-state index in [-0.39, 0.29) is 6.10 Å². The fraction of sp³-hybridized carbons (Fsp3) is 1.00. The van der Waals surface area contributed by atoms with E-state index in [9.17, 15) is 5.11 Å². The van der Waals surface area contributed by atoms with E-state index in [1.807, 2.05) is 0 Å². The molecule has 1 heteroatoms. The molecule has 2 fully saturated rings. The summed E-state index contributed by atoms with van der Waals surface area (Å²) < 4.78 is 0. The number of hydrogen-bond acceptors (Lipinski definition) is 1. The monoisotopic (exact) mass is 294 g/mol. The highest BCUT2D eigenvalue weighted by molar-refractivity contribution is 5.02. The highest BCUT2D eigenvalue weighted by Gasteiger charge is 2.52. The number of aliphatic hydroxyl groups is 1. The molecule has 0 amide bonds. The second-order valence-corrected chi connectivity index (χ2v) is 9.69. The van der Waals surface area contributed by atoms with Gasteiger partial charge in [-0.3, -0.25) is 0 Å². The molecule has 21 heavy (non-hydrogen) atoms. The van der Waals surface area contributed by atoms with Gasteiger partial charge in [0.1, 0.15) is 0 Å². The van der Waals surface area contributed by atoms with Gasteiger partial charge < -0.3 is 5.11 Å². The molecule has 0 saturated heterocycles. The molecule has 2 rings (SSSR count). The Bertz CT molecular complexity index is 342. The summed E-state index contributed by atoms with van der Waals surface area (Å²) in [4.78, 5) is 0. The molecule has 2 unspecified atom stereocenters. The molecule has 0 aromatic rings. The lowest BCUT2D eigenvalue weighted by Gasteiger charge is -2.46. The maximum Gasteiger partial charge on any atom is 0.0573 e. The van der Waals surface area contributed by atoms with Gasteiger partial charge in [0.25, 0.3) is 0 Å². The van der Waals surface area contributed by atoms with Crippen molar-refractivity contribution in [1.82, 2.24) is 0 Å². The van der Waals surface area contributed by atoms with E-state index in [1.54, 1.807) is 0 Å². The van der Waals surface area contributed by atoms with Crippen molar-refractivity contribution in [2.24, 2.45) is 34.5 Å². The molecular weight excluding hydrogens is 256 g/mol. The van der Waals surface area contributed by atoms with E-state index in [1.165, 1.54) is 38.5 Å². The molecule has 1 N–H and O–H groups in total. The second kappa shape index (κ2) is 6.22. The van der Waals surface area contributed by atoms with Crippen LogP contribution in [0.1, 0.15) is 86.5 Å². The van der Waals surface area contributed by atoms with Crippen LogP contribution < -0.4 is 0 Å². The van der Waals surface area contributed by atoms with Gasteiger partial charge in [-0.2, -0.15) is 0 Å². The Morgan fingerprint density at radius 3 is 2.43 bits per heavy atom. The molecular formula is C20H38O. The molecule has 0 aromatic heterocycles. The first-order valence-electron chi connectivity index (χ1n) is 9.33. The lowest BCUT2D eigenvalue weighted by molar-refractivity contribution is -0.0328. The first kappa shape index (κ1) is 17.3. The zero-order valence-electron chi connectivity index (χ0n) is 15.3. The summed E-state index contributed by atoms with van der Waals surface area (Å²) in [7, 11) is 0. The largest absolute Gasteiger partial charge is 0.393 e. The summed E-state index contributed by atoms with van der Waals surface area (Å²) in [5.41, 5.74) is 0.865. The van der Waals surface area contributed by atoms with Gasteiger partial charge in [-0.1, -0.05) is 48.0 Å². The molecule has 2 aliphatic rings. The number of rotatable bonds is 4. The van der Waals surface area contributed by atoms with Crippen LogP contribution in [-0.4, -0.2) is 11.2 Å². The van der Waals surface area contributed by atoms with Crippen molar-refractivity contribution >= 4 is 0 Å². The van der Waals surface area contributed by atoms with E-state index >= 15 is 0 Å². The number of aliphatic hydroxyl groups excluding tert-OH is 1. The summed E-state index contributed by atoms with van der Waals surface area (Å²) in [5.74, 6) is 3.01. The van der Waals surface area contributed by atoms with Crippen molar-refractivity contribution in [3.05, 3.63) is 0 Å². The Hall–Kier alpha value is -0.0400. The Balaban J connectivity index is 2.00. The summed E-state index contributed by atoms with van der Waals surface area (Å²) in [6.45, 7) is 14.5. The van der Waals surface area contributed by atoms with Gasteiger partial charge in [0.2, 0.25) is 0 Å². The minimum absolute atomic E-state index is 0.0224. The van der Waals surface area contributed by atoms with Gasteiger partial charge in [-0.05, 0) is 73.0 Å². The van der Waals surface area contributed by atoms with Crippen LogP contribution in [0.5, 0.6) is 0 Å². The third-order valence-corrected chi connectivity index (χ3v) is 7.04. The molecule has 0 aromatic carbocycles. The van der Waals surface area contributed by atoms with Crippen LogP contribution in [0.4, 0.5) is 0 Å². The van der Waals surface area contributed by atoms with Crippen molar-refractivity contribution < 1.29 is 5.11 Å². The van der Waals surface area contributed by atoms with E-state index in [0.29, 0.717) is 16.7 Å². The minimum atomic E-state index is -0.0224. The molecule has 0 spiro atoms. The zero-order chi connectivity index (χ0) is 15.8. The molecule has 0 heterocycles. The maximum atomic E-state index is 10.4. The molecule has 0 aliphatic heterocycles. The first-order chi connectivity index (χ1) is 9.65. The summed E-state index contributed by atoms with van der Waals surface area (Å²) in [6, 6.07) is 0. The summed E-state index contributed by atoms with van der Waals surface area (Å²) in [6.07, 6.45) is 8.88. The average molecular weight is 295 g/mol. The summed E-state index contributed by atoms with van der Waals surface area (Å²) in [5, 5.41) is 10.4. The number of hydrogen-bond donors (Lipinski definition) is 1. The van der Waals surface area contributed by atoms with Gasteiger partial charge in [-0.15, -0.1) is 0 Å². The Morgan fingerprint density at radius 2 is 1.81 bits per heavy atom. The van der Waals surface area contributed by atoms with Gasteiger partial charge in [0.15, 0.2) is 0 Å². The highest BCUT2D eigenvalue weighted by atomic mass is 16.3. The molecule has 6 atom stereocenters. The van der Waals surface area contributed by atoms with Gasteiger partial charge >= 0.3 is 0 Å².